The standard InChI is InChI=1S/C7H6BrO4P/c8-6-3-1-5(2-4-6)7(9)13(10,11)12/h1-4H,(H2,10,11,12). The quantitative estimate of drug-likeness (QED) is 0.799. The first-order valence-electron chi connectivity index (χ1n) is 3.27. The zero-order valence-corrected chi connectivity index (χ0v) is 8.83. The Hall–Kier alpha value is -0.480. The molecule has 0 radical (unpaired) electrons. The second kappa shape index (κ2) is 3.72. The molecular formula is C7H6BrO4P. The SMILES string of the molecule is O=C(c1ccc(Br)cc1)P(=O)(O)O. The summed E-state index contributed by atoms with van der Waals surface area (Å²) in [6.07, 6.45) is 0. The number of hydrogen-bond donors (Lipinski definition) is 2. The van der Waals surface area contributed by atoms with E-state index in [2.05, 4.69) is 15.9 Å². The maximum atomic E-state index is 11.0. The largest absolute Gasteiger partial charge is 0.396 e. The minimum Gasteiger partial charge on any atom is -0.319 e. The molecule has 6 heteroatoms. The van der Waals surface area contributed by atoms with Crippen LogP contribution < -0.4 is 0 Å². The van der Waals surface area contributed by atoms with E-state index >= 15 is 0 Å². The smallest absolute Gasteiger partial charge is 0.319 e. The number of carbonyl (C=O) groups excluding carboxylic acids is 1. The Morgan fingerprint density at radius 3 is 2.08 bits per heavy atom. The fourth-order valence-electron chi connectivity index (χ4n) is 0.761. The molecule has 1 rings (SSSR count). The summed E-state index contributed by atoms with van der Waals surface area (Å²) in [6, 6.07) is 5.79. The van der Waals surface area contributed by atoms with Gasteiger partial charge in [-0.3, -0.25) is 9.36 Å². The predicted molar refractivity (Wildman–Crippen MR) is 50.5 cm³/mol. The highest BCUT2D eigenvalue weighted by molar-refractivity contribution is 9.10. The van der Waals surface area contributed by atoms with Crippen molar-refractivity contribution >= 4 is 29.1 Å². The number of halogens is 1. The lowest BCUT2D eigenvalue weighted by molar-refractivity contribution is 0.104. The first-order chi connectivity index (χ1) is 5.91. The van der Waals surface area contributed by atoms with Gasteiger partial charge in [0.1, 0.15) is 0 Å². The van der Waals surface area contributed by atoms with E-state index in [1.807, 2.05) is 0 Å². The lowest BCUT2D eigenvalue weighted by Crippen LogP contribution is -1.98. The second-order valence-electron chi connectivity index (χ2n) is 2.36. The molecule has 70 valence electrons. The van der Waals surface area contributed by atoms with Gasteiger partial charge in [0.05, 0.1) is 0 Å². The molecule has 0 bridgehead atoms. The third-order valence-electron chi connectivity index (χ3n) is 1.36. The lowest BCUT2D eigenvalue weighted by Gasteiger charge is -2.01. The molecule has 0 saturated carbocycles. The Morgan fingerprint density at radius 2 is 1.69 bits per heavy atom. The minimum atomic E-state index is -4.65. The average Bonchev–Trinajstić information content (AvgIpc) is 2.03. The normalized spacial score (nSPS) is 11.3. The molecule has 1 aromatic carbocycles. The maximum Gasteiger partial charge on any atom is 0.396 e. The van der Waals surface area contributed by atoms with E-state index in [0.717, 1.165) is 4.47 Å². The average molecular weight is 265 g/mol. The molecule has 0 aliphatic heterocycles. The van der Waals surface area contributed by atoms with Crippen molar-refractivity contribution in [2.24, 2.45) is 0 Å². The van der Waals surface area contributed by atoms with Crippen LogP contribution in [0.5, 0.6) is 0 Å². The van der Waals surface area contributed by atoms with E-state index in [9.17, 15) is 9.36 Å². The van der Waals surface area contributed by atoms with Gasteiger partial charge in [-0.05, 0) is 24.3 Å². The Morgan fingerprint density at radius 1 is 1.23 bits per heavy atom. The van der Waals surface area contributed by atoms with Gasteiger partial charge in [-0.1, -0.05) is 15.9 Å². The highest BCUT2D eigenvalue weighted by atomic mass is 79.9. The van der Waals surface area contributed by atoms with Crippen molar-refractivity contribution in [1.82, 2.24) is 0 Å². The van der Waals surface area contributed by atoms with Gasteiger partial charge >= 0.3 is 7.60 Å². The van der Waals surface area contributed by atoms with Gasteiger partial charge in [-0.25, -0.2) is 0 Å². The zero-order chi connectivity index (χ0) is 10.1. The van der Waals surface area contributed by atoms with Crippen LogP contribution in [0.1, 0.15) is 10.4 Å². The van der Waals surface area contributed by atoms with Crippen LogP contribution in [0.25, 0.3) is 0 Å². The first kappa shape index (κ1) is 10.6. The number of benzene rings is 1. The summed E-state index contributed by atoms with van der Waals surface area (Å²) in [7, 11) is -4.65. The number of rotatable bonds is 2. The molecule has 0 aliphatic carbocycles. The van der Waals surface area contributed by atoms with Crippen LogP contribution in [0.15, 0.2) is 28.7 Å². The molecule has 0 heterocycles. The molecule has 0 spiro atoms. The molecule has 0 unspecified atom stereocenters. The van der Waals surface area contributed by atoms with Crippen LogP contribution in [0.4, 0.5) is 0 Å². The molecule has 0 atom stereocenters. The maximum absolute atomic E-state index is 11.0. The van der Waals surface area contributed by atoms with Crippen molar-refractivity contribution in [3.05, 3.63) is 34.3 Å². The van der Waals surface area contributed by atoms with Gasteiger partial charge in [-0.15, -0.1) is 0 Å². The summed E-state index contributed by atoms with van der Waals surface area (Å²) in [5.74, 6) is 0. The number of hydrogen-bond acceptors (Lipinski definition) is 2. The van der Waals surface area contributed by atoms with E-state index in [4.69, 9.17) is 9.79 Å². The molecule has 0 saturated heterocycles. The molecule has 0 amide bonds. The van der Waals surface area contributed by atoms with Gasteiger partial charge in [0, 0.05) is 10.0 Å². The van der Waals surface area contributed by atoms with Crippen LogP contribution >= 0.6 is 23.5 Å². The Bertz CT molecular complexity index is 367. The Kier molecular flexibility index (Phi) is 3.03. The van der Waals surface area contributed by atoms with Gasteiger partial charge in [-0.2, -0.15) is 0 Å². The van der Waals surface area contributed by atoms with Gasteiger partial charge in [0.15, 0.2) is 0 Å². The van der Waals surface area contributed by atoms with Crippen molar-refractivity contribution in [3.8, 4) is 0 Å². The van der Waals surface area contributed by atoms with Crippen molar-refractivity contribution in [2.75, 3.05) is 0 Å². The molecular weight excluding hydrogens is 259 g/mol. The summed E-state index contributed by atoms with van der Waals surface area (Å²) in [6.45, 7) is 0. The van der Waals surface area contributed by atoms with Crippen molar-refractivity contribution in [1.29, 1.82) is 0 Å². The molecule has 4 nitrogen and oxygen atoms in total. The van der Waals surface area contributed by atoms with Crippen LogP contribution in [0.3, 0.4) is 0 Å². The fraction of sp³-hybridized carbons (Fsp3) is 0. The molecule has 13 heavy (non-hydrogen) atoms. The van der Waals surface area contributed by atoms with Crippen LogP contribution in [-0.4, -0.2) is 15.3 Å². The van der Waals surface area contributed by atoms with E-state index in [0.29, 0.717) is 0 Å². The van der Waals surface area contributed by atoms with Crippen LogP contribution in [-0.2, 0) is 4.57 Å². The van der Waals surface area contributed by atoms with Gasteiger partial charge in [0.2, 0.25) is 0 Å². The van der Waals surface area contributed by atoms with Gasteiger partial charge < -0.3 is 9.79 Å². The molecule has 2 N–H and O–H groups in total. The lowest BCUT2D eigenvalue weighted by atomic mass is 10.2. The monoisotopic (exact) mass is 264 g/mol. The third kappa shape index (κ3) is 2.74. The van der Waals surface area contributed by atoms with Crippen molar-refractivity contribution in [3.63, 3.8) is 0 Å². The van der Waals surface area contributed by atoms with E-state index in [1.54, 1.807) is 12.1 Å². The molecule has 0 fully saturated rings. The van der Waals surface area contributed by atoms with Crippen LogP contribution in [0.2, 0.25) is 0 Å². The molecule has 0 aromatic heterocycles. The van der Waals surface area contributed by atoms with E-state index in [-0.39, 0.29) is 5.56 Å². The molecule has 0 aliphatic rings. The summed E-state index contributed by atoms with van der Waals surface area (Å²) in [4.78, 5) is 28.1. The van der Waals surface area contributed by atoms with Crippen molar-refractivity contribution < 1.29 is 19.1 Å². The Balaban J connectivity index is 3.04. The topological polar surface area (TPSA) is 74.6 Å². The minimum absolute atomic E-state index is 0.0107. The van der Waals surface area contributed by atoms with E-state index in [1.165, 1.54) is 12.1 Å². The summed E-state index contributed by atoms with van der Waals surface area (Å²) in [5.41, 5.74) is -1.14. The second-order valence-corrected chi connectivity index (χ2v) is 4.77. The van der Waals surface area contributed by atoms with Crippen molar-refractivity contribution in [2.45, 2.75) is 0 Å². The predicted octanol–water partition coefficient (Wildman–Crippen LogP) is 1.77. The first-order valence-corrected chi connectivity index (χ1v) is 5.68. The van der Waals surface area contributed by atoms with Crippen LogP contribution in [0, 0.1) is 0 Å². The highest BCUT2D eigenvalue weighted by Crippen LogP contribution is 2.38. The molecule has 1 aromatic rings. The highest BCUT2D eigenvalue weighted by Gasteiger charge is 2.26. The van der Waals surface area contributed by atoms with E-state index < -0.39 is 13.1 Å². The zero-order valence-electron chi connectivity index (χ0n) is 6.35. The summed E-state index contributed by atoms with van der Waals surface area (Å²) in [5, 5.41) is 0. The summed E-state index contributed by atoms with van der Waals surface area (Å²) < 4.78 is 11.3. The third-order valence-corrected chi connectivity index (χ3v) is 2.67. The number of carbonyl (C=O) groups is 1. The summed E-state index contributed by atoms with van der Waals surface area (Å²) >= 11 is 3.14. The Labute approximate surface area is 82.9 Å². The van der Waals surface area contributed by atoms with Gasteiger partial charge in [0.25, 0.3) is 5.52 Å². The fourth-order valence-corrected chi connectivity index (χ4v) is 1.51.